The molecule has 2 aromatic carbocycles. The van der Waals surface area contributed by atoms with Crippen molar-refractivity contribution in [1.29, 1.82) is 0 Å². The van der Waals surface area contributed by atoms with E-state index in [1.165, 1.54) is 11.8 Å². The molecule has 4 aromatic rings. The molecule has 0 saturated heterocycles. The van der Waals surface area contributed by atoms with Crippen LogP contribution in [0.1, 0.15) is 41.9 Å². The second-order valence-electron chi connectivity index (χ2n) is 8.48. The number of amides is 1. The van der Waals surface area contributed by atoms with Crippen LogP contribution in [0, 0.1) is 5.92 Å². The Balaban J connectivity index is 1.56. The fourth-order valence-corrected chi connectivity index (χ4v) is 4.60. The molecule has 0 radical (unpaired) electrons. The number of benzene rings is 2. The molecule has 1 atom stereocenters. The van der Waals surface area contributed by atoms with Crippen LogP contribution in [0.25, 0.3) is 10.9 Å². The van der Waals surface area contributed by atoms with Crippen LogP contribution in [0.2, 0.25) is 0 Å². The van der Waals surface area contributed by atoms with E-state index >= 15 is 0 Å². The van der Waals surface area contributed by atoms with Crippen LogP contribution in [-0.4, -0.2) is 37.7 Å². The van der Waals surface area contributed by atoms with Gasteiger partial charge in [-0.3, -0.25) is 9.59 Å². The zero-order valence-electron chi connectivity index (χ0n) is 20.4. The topological polar surface area (TPSA) is 115 Å². The molecule has 0 aliphatic carbocycles. The molecular weight excluding hydrogens is 476 g/mol. The zero-order valence-corrected chi connectivity index (χ0v) is 21.2. The second kappa shape index (κ2) is 11.2. The summed E-state index contributed by atoms with van der Waals surface area (Å²) in [5, 5.41) is 13.1. The number of H-pyrrole nitrogens is 1. The van der Waals surface area contributed by atoms with E-state index < -0.39 is 0 Å². The lowest BCUT2D eigenvalue weighted by Crippen LogP contribution is -2.33. The first kappa shape index (κ1) is 25.2. The number of aromatic amines is 1. The maximum absolute atomic E-state index is 13.0. The lowest BCUT2D eigenvalue weighted by molar-refractivity contribution is 0.0922. The number of hydrogen-bond donors (Lipinski definition) is 2. The summed E-state index contributed by atoms with van der Waals surface area (Å²) in [5.74, 6) is 2.11. The van der Waals surface area contributed by atoms with Gasteiger partial charge in [-0.05, 0) is 42.3 Å². The van der Waals surface area contributed by atoms with Crippen molar-refractivity contribution in [3.63, 3.8) is 0 Å². The van der Waals surface area contributed by atoms with Gasteiger partial charge in [-0.1, -0.05) is 43.8 Å². The summed E-state index contributed by atoms with van der Waals surface area (Å²) in [6.45, 7) is 8.37. The van der Waals surface area contributed by atoms with Gasteiger partial charge in [-0.2, -0.15) is 0 Å². The Labute approximate surface area is 213 Å². The Bertz CT molecular complexity index is 1430. The van der Waals surface area contributed by atoms with E-state index in [-0.39, 0.29) is 23.4 Å². The summed E-state index contributed by atoms with van der Waals surface area (Å²) < 4.78 is 7.10. The van der Waals surface area contributed by atoms with Gasteiger partial charge in [-0.25, -0.2) is 4.98 Å². The Morgan fingerprint density at radius 1 is 1.19 bits per heavy atom. The molecule has 186 valence electrons. The van der Waals surface area contributed by atoms with Gasteiger partial charge in [0.1, 0.15) is 11.6 Å². The number of ether oxygens (including phenoxy) is 1. The molecule has 0 bridgehead atoms. The number of nitrogens with one attached hydrogen (secondary N) is 2. The second-order valence-corrected chi connectivity index (χ2v) is 9.42. The lowest BCUT2D eigenvalue weighted by atomic mass is 10.0. The minimum atomic E-state index is -0.375. The van der Waals surface area contributed by atoms with E-state index in [1.807, 2.05) is 36.6 Å². The number of carbonyl (C=O) groups excluding carboxylic acids is 1. The summed E-state index contributed by atoms with van der Waals surface area (Å²) in [5.41, 5.74) is 0.994. The van der Waals surface area contributed by atoms with E-state index in [1.54, 1.807) is 43.5 Å². The van der Waals surface area contributed by atoms with E-state index in [0.717, 1.165) is 0 Å². The molecular formula is C26H28N6O3S. The van der Waals surface area contributed by atoms with Crippen molar-refractivity contribution in [1.82, 2.24) is 30.0 Å². The normalized spacial score (nSPS) is 12.0. The summed E-state index contributed by atoms with van der Waals surface area (Å²) in [4.78, 5) is 32.8. The van der Waals surface area contributed by atoms with Gasteiger partial charge >= 0.3 is 0 Å². The van der Waals surface area contributed by atoms with Gasteiger partial charge in [0.2, 0.25) is 0 Å². The number of fused-ring (bicyclic) bond motifs is 1. The van der Waals surface area contributed by atoms with Crippen molar-refractivity contribution in [2.45, 2.75) is 37.3 Å². The molecule has 10 heteroatoms. The minimum absolute atomic E-state index is 0.0522. The predicted octanol–water partition coefficient (Wildman–Crippen LogP) is 4.13. The first-order chi connectivity index (χ1) is 17.4. The van der Waals surface area contributed by atoms with Crippen molar-refractivity contribution in [2.24, 2.45) is 5.92 Å². The van der Waals surface area contributed by atoms with Crippen molar-refractivity contribution in [3.8, 4) is 5.75 Å². The molecule has 36 heavy (non-hydrogen) atoms. The Morgan fingerprint density at radius 2 is 1.94 bits per heavy atom. The molecule has 0 aliphatic rings. The molecule has 2 heterocycles. The number of carbonyl (C=O) groups is 1. The van der Waals surface area contributed by atoms with Gasteiger partial charge in [0.05, 0.1) is 29.8 Å². The number of rotatable bonds is 10. The maximum Gasteiger partial charge on any atom is 0.258 e. The lowest BCUT2D eigenvalue weighted by Gasteiger charge is -2.22. The van der Waals surface area contributed by atoms with Crippen LogP contribution in [-0.2, 0) is 12.3 Å². The largest absolute Gasteiger partial charge is 0.497 e. The monoisotopic (exact) mass is 504 g/mol. The summed E-state index contributed by atoms with van der Waals surface area (Å²) in [6.07, 6.45) is 1.76. The number of allylic oxidation sites excluding steroid dienone is 1. The van der Waals surface area contributed by atoms with Gasteiger partial charge in [-0.15, -0.1) is 16.8 Å². The number of aromatic nitrogens is 5. The zero-order chi connectivity index (χ0) is 25.7. The fourth-order valence-electron chi connectivity index (χ4n) is 3.77. The standard InChI is InChI=1S/C26H28N6O3S/c1-5-14-32-23(22(16(2)3)29-24(33)17-10-12-18(35-4)13-11-17)30-31-26(32)36-15-21-27-20-9-7-6-8-19(20)25(34)28-21/h5-13,16,22H,1,14-15H2,2-4H3,(H,29,33)(H,27,28,34). The third-order valence-electron chi connectivity index (χ3n) is 5.64. The molecule has 9 nitrogen and oxygen atoms in total. The van der Waals surface area contributed by atoms with Crippen LogP contribution in [0.15, 0.2) is 71.1 Å². The highest BCUT2D eigenvalue weighted by atomic mass is 32.2. The molecule has 1 unspecified atom stereocenters. The average Bonchev–Trinajstić information content (AvgIpc) is 3.28. The average molecular weight is 505 g/mol. The van der Waals surface area contributed by atoms with Crippen molar-refractivity contribution in [2.75, 3.05) is 7.11 Å². The van der Waals surface area contributed by atoms with Crippen molar-refractivity contribution < 1.29 is 9.53 Å². The SMILES string of the molecule is C=CCn1c(SCc2nc3ccccc3c(=O)[nH]2)nnc1C(NC(=O)c1ccc(OC)cc1)C(C)C. The van der Waals surface area contributed by atoms with Crippen LogP contribution >= 0.6 is 11.8 Å². The van der Waals surface area contributed by atoms with Gasteiger partial charge < -0.3 is 19.6 Å². The number of methoxy groups -OCH3 is 1. The number of nitrogens with zero attached hydrogens (tertiary/aromatic N) is 4. The van der Waals surface area contributed by atoms with Crippen LogP contribution in [0.4, 0.5) is 0 Å². The van der Waals surface area contributed by atoms with Gasteiger partial charge in [0.25, 0.3) is 11.5 Å². The minimum Gasteiger partial charge on any atom is -0.497 e. The quantitative estimate of drug-likeness (QED) is 0.246. The van der Waals surface area contributed by atoms with E-state index in [9.17, 15) is 9.59 Å². The Kier molecular flexibility index (Phi) is 7.84. The van der Waals surface area contributed by atoms with E-state index in [4.69, 9.17) is 4.74 Å². The molecule has 0 aliphatic heterocycles. The van der Waals surface area contributed by atoms with Crippen molar-refractivity contribution in [3.05, 3.63) is 88.8 Å². The number of para-hydroxylation sites is 1. The van der Waals surface area contributed by atoms with Crippen molar-refractivity contribution >= 4 is 28.6 Å². The number of hydrogen-bond acceptors (Lipinski definition) is 7. The van der Waals surface area contributed by atoms with Crippen LogP contribution in [0.5, 0.6) is 5.75 Å². The molecule has 0 spiro atoms. The highest BCUT2D eigenvalue weighted by molar-refractivity contribution is 7.98. The third kappa shape index (κ3) is 5.49. The maximum atomic E-state index is 13.0. The molecule has 0 saturated carbocycles. The van der Waals surface area contributed by atoms with Gasteiger partial charge in [0, 0.05) is 12.1 Å². The molecule has 2 N–H and O–H groups in total. The molecule has 4 rings (SSSR count). The van der Waals surface area contributed by atoms with Crippen LogP contribution < -0.4 is 15.6 Å². The first-order valence-electron chi connectivity index (χ1n) is 11.5. The summed E-state index contributed by atoms with van der Waals surface area (Å²) in [7, 11) is 1.58. The van der Waals surface area contributed by atoms with E-state index in [2.05, 4.69) is 32.1 Å². The fraction of sp³-hybridized carbons (Fsp3) is 0.269. The van der Waals surface area contributed by atoms with E-state index in [0.29, 0.717) is 51.3 Å². The Morgan fingerprint density at radius 3 is 2.64 bits per heavy atom. The summed E-state index contributed by atoms with van der Waals surface area (Å²) >= 11 is 1.41. The smallest absolute Gasteiger partial charge is 0.258 e. The Hall–Kier alpha value is -3.92. The van der Waals surface area contributed by atoms with Gasteiger partial charge in [0.15, 0.2) is 11.0 Å². The molecule has 2 aromatic heterocycles. The molecule has 0 fully saturated rings. The number of thioether (sulfide) groups is 1. The third-order valence-corrected chi connectivity index (χ3v) is 6.62. The highest BCUT2D eigenvalue weighted by Crippen LogP contribution is 2.27. The first-order valence-corrected chi connectivity index (χ1v) is 12.5. The highest BCUT2D eigenvalue weighted by Gasteiger charge is 2.26. The van der Waals surface area contributed by atoms with Crippen LogP contribution in [0.3, 0.4) is 0 Å². The summed E-state index contributed by atoms with van der Waals surface area (Å²) in [6, 6.07) is 13.8. The predicted molar refractivity (Wildman–Crippen MR) is 140 cm³/mol. The molecule has 1 amide bonds.